The van der Waals surface area contributed by atoms with Crippen molar-refractivity contribution in [2.45, 2.75) is 46.5 Å². The molecule has 0 spiro atoms. The first-order valence-electron chi connectivity index (χ1n) is 10.3. The molecule has 8 heteroatoms. The zero-order valence-electron chi connectivity index (χ0n) is 17.8. The first kappa shape index (κ1) is 24.2. The van der Waals surface area contributed by atoms with Crippen LogP contribution in [0.4, 0.5) is 0 Å². The van der Waals surface area contributed by atoms with E-state index in [1.165, 1.54) is 16.7 Å². The van der Waals surface area contributed by atoms with Gasteiger partial charge in [-0.05, 0) is 50.5 Å². The second-order valence-electron chi connectivity index (χ2n) is 6.58. The van der Waals surface area contributed by atoms with Crippen LogP contribution in [-0.4, -0.2) is 47.5 Å². The van der Waals surface area contributed by atoms with Crippen molar-refractivity contribution in [2.24, 2.45) is 0 Å². The van der Waals surface area contributed by atoms with Gasteiger partial charge in [-0.1, -0.05) is 43.4 Å². The number of thioether (sulfide) groups is 1. The van der Waals surface area contributed by atoms with Gasteiger partial charge in [0.25, 0.3) is 5.91 Å². The fourth-order valence-corrected chi connectivity index (χ4v) is 4.10. The van der Waals surface area contributed by atoms with E-state index in [4.69, 9.17) is 26.4 Å². The van der Waals surface area contributed by atoms with E-state index in [2.05, 4.69) is 6.92 Å². The maximum atomic E-state index is 12.8. The summed E-state index contributed by atoms with van der Waals surface area (Å²) >= 11 is 6.62. The zero-order chi connectivity index (χ0) is 21.9. The number of thiocarbonyl (C=S) groups is 1. The van der Waals surface area contributed by atoms with Crippen LogP contribution in [0.2, 0.25) is 0 Å². The molecule has 0 bridgehead atoms. The lowest BCUT2D eigenvalue weighted by Crippen LogP contribution is -2.29. The van der Waals surface area contributed by atoms with Gasteiger partial charge in [-0.15, -0.1) is 0 Å². The van der Waals surface area contributed by atoms with Crippen molar-refractivity contribution in [3.8, 4) is 11.5 Å². The highest BCUT2D eigenvalue weighted by atomic mass is 32.2. The molecule has 0 unspecified atom stereocenters. The van der Waals surface area contributed by atoms with Crippen LogP contribution in [0.3, 0.4) is 0 Å². The van der Waals surface area contributed by atoms with E-state index in [1.807, 2.05) is 31.2 Å². The number of benzene rings is 1. The van der Waals surface area contributed by atoms with E-state index in [9.17, 15) is 9.59 Å². The van der Waals surface area contributed by atoms with Gasteiger partial charge in [0.2, 0.25) is 0 Å². The van der Waals surface area contributed by atoms with Crippen molar-refractivity contribution >= 4 is 46.3 Å². The van der Waals surface area contributed by atoms with Crippen LogP contribution >= 0.6 is 24.0 Å². The number of esters is 1. The first-order chi connectivity index (χ1) is 14.5. The Balaban J connectivity index is 2.06. The van der Waals surface area contributed by atoms with Gasteiger partial charge in [0, 0.05) is 13.0 Å². The molecule has 1 fully saturated rings. The molecule has 1 heterocycles. The highest BCUT2D eigenvalue weighted by Crippen LogP contribution is 2.35. The highest BCUT2D eigenvalue weighted by Gasteiger charge is 2.31. The van der Waals surface area contributed by atoms with Gasteiger partial charge in [0.1, 0.15) is 4.32 Å². The Labute approximate surface area is 187 Å². The first-order valence-corrected chi connectivity index (χ1v) is 11.5. The van der Waals surface area contributed by atoms with Crippen LogP contribution < -0.4 is 9.47 Å². The van der Waals surface area contributed by atoms with Crippen molar-refractivity contribution in [3.63, 3.8) is 0 Å². The number of ether oxygens (including phenoxy) is 3. The summed E-state index contributed by atoms with van der Waals surface area (Å²) in [6.45, 7) is 7.72. The zero-order valence-corrected chi connectivity index (χ0v) is 19.4. The molecule has 0 radical (unpaired) electrons. The number of unbranched alkanes of at least 4 members (excludes halogenated alkanes) is 1. The number of amides is 1. The Morgan fingerprint density at radius 1 is 1.13 bits per heavy atom. The number of hydrogen-bond acceptors (Lipinski definition) is 7. The summed E-state index contributed by atoms with van der Waals surface area (Å²) < 4.78 is 16.9. The van der Waals surface area contributed by atoms with Gasteiger partial charge < -0.3 is 14.2 Å². The van der Waals surface area contributed by atoms with E-state index in [-0.39, 0.29) is 18.3 Å². The van der Waals surface area contributed by atoms with Crippen molar-refractivity contribution in [3.05, 3.63) is 28.7 Å². The normalized spacial score (nSPS) is 15.0. The number of carbonyl (C=O) groups excluding carboxylic acids is 2. The lowest BCUT2D eigenvalue weighted by atomic mass is 10.1. The van der Waals surface area contributed by atoms with Gasteiger partial charge >= 0.3 is 5.97 Å². The van der Waals surface area contributed by atoms with E-state index >= 15 is 0 Å². The van der Waals surface area contributed by atoms with Gasteiger partial charge in [-0.25, -0.2) is 0 Å². The molecule has 1 aliphatic heterocycles. The molecular formula is C22H29NO5S2. The summed E-state index contributed by atoms with van der Waals surface area (Å²) in [5.74, 6) is 0.958. The maximum Gasteiger partial charge on any atom is 0.305 e. The van der Waals surface area contributed by atoms with Crippen molar-refractivity contribution < 1.29 is 23.8 Å². The van der Waals surface area contributed by atoms with Crippen LogP contribution in [0.1, 0.15) is 52.0 Å². The molecule has 1 aliphatic rings. The molecule has 1 aromatic carbocycles. The second kappa shape index (κ2) is 12.6. The van der Waals surface area contributed by atoms with E-state index in [1.54, 1.807) is 6.92 Å². The Kier molecular flexibility index (Phi) is 10.2. The van der Waals surface area contributed by atoms with E-state index in [0.717, 1.165) is 18.4 Å². The monoisotopic (exact) mass is 451 g/mol. The second-order valence-corrected chi connectivity index (χ2v) is 8.26. The Bertz CT molecular complexity index is 794. The molecule has 0 N–H and O–H groups in total. The van der Waals surface area contributed by atoms with Crippen molar-refractivity contribution in [2.75, 3.05) is 26.4 Å². The Hall–Kier alpha value is -2.06. The number of carbonyl (C=O) groups is 2. The third-order valence-corrected chi connectivity index (χ3v) is 5.64. The quantitative estimate of drug-likeness (QED) is 0.196. The predicted molar refractivity (Wildman–Crippen MR) is 124 cm³/mol. The highest BCUT2D eigenvalue weighted by molar-refractivity contribution is 8.26. The third-order valence-electron chi connectivity index (χ3n) is 4.26. The lowest BCUT2D eigenvalue weighted by Gasteiger charge is -2.14. The average Bonchev–Trinajstić information content (AvgIpc) is 2.97. The number of hydrogen-bond donors (Lipinski definition) is 0. The van der Waals surface area contributed by atoms with Crippen LogP contribution in [0.15, 0.2) is 23.1 Å². The Morgan fingerprint density at radius 2 is 1.93 bits per heavy atom. The molecule has 164 valence electrons. The standard InChI is InChI=1S/C22H29NO5S2/c1-4-7-13-28-17-11-10-16(14-18(17)26-5-2)15-19-21(25)23(22(29)30-19)12-8-9-20(24)27-6-3/h10-11,14-15H,4-9,12-13H2,1-3H3/b19-15-. The third kappa shape index (κ3) is 7.02. The van der Waals surface area contributed by atoms with E-state index < -0.39 is 0 Å². The molecule has 1 saturated heterocycles. The fraction of sp³-hybridized carbons (Fsp3) is 0.500. The summed E-state index contributed by atoms with van der Waals surface area (Å²) in [5.41, 5.74) is 0.841. The van der Waals surface area contributed by atoms with Gasteiger partial charge in [0.15, 0.2) is 11.5 Å². The minimum Gasteiger partial charge on any atom is -0.490 e. The summed E-state index contributed by atoms with van der Waals surface area (Å²) in [5, 5.41) is 0. The Morgan fingerprint density at radius 3 is 2.63 bits per heavy atom. The molecule has 0 atom stereocenters. The largest absolute Gasteiger partial charge is 0.490 e. The van der Waals surface area contributed by atoms with Crippen molar-refractivity contribution in [1.29, 1.82) is 0 Å². The minimum atomic E-state index is -0.261. The molecule has 1 aromatic rings. The van der Waals surface area contributed by atoms with Crippen LogP contribution in [0, 0.1) is 0 Å². The van der Waals surface area contributed by atoms with Crippen LogP contribution in [0.25, 0.3) is 6.08 Å². The molecule has 1 amide bonds. The summed E-state index contributed by atoms with van der Waals surface area (Å²) in [6.07, 6.45) is 4.62. The molecule has 0 saturated carbocycles. The topological polar surface area (TPSA) is 65.1 Å². The SMILES string of the molecule is CCCCOc1ccc(/C=C2\SC(=S)N(CCCC(=O)OCC)C2=O)cc1OCC. The maximum absolute atomic E-state index is 12.8. The fourth-order valence-electron chi connectivity index (χ4n) is 2.79. The molecule has 30 heavy (non-hydrogen) atoms. The minimum absolute atomic E-state index is 0.143. The molecular weight excluding hydrogens is 422 g/mol. The lowest BCUT2D eigenvalue weighted by molar-refractivity contribution is -0.143. The van der Waals surface area contributed by atoms with Crippen molar-refractivity contribution in [1.82, 2.24) is 4.90 Å². The summed E-state index contributed by atoms with van der Waals surface area (Å²) in [6, 6.07) is 5.64. The molecule has 2 rings (SSSR count). The molecule has 6 nitrogen and oxygen atoms in total. The molecule has 0 aliphatic carbocycles. The average molecular weight is 452 g/mol. The number of rotatable bonds is 12. The van der Waals surface area contributed by atoms with Gasteiger partial charge in [-0.2, -0.15) is 0 Å². The number of nitrogens with zero attached hydrogens (tertiary/aromatic N) is 1. The summed E-state index contributed by atoms with van der Waals surface area (Å²) in [4.78, 5) is 26.3. The smallest absolute Gasteiger partial charge is 0.305 e. The summed E-state index contributed by atoms with van der Waals surface area (Å²) in [7, 11) is 0. The predicted octanol–water partition coefficient (Wildman–Crippen LogP) is 4.81. The molecule has 0 aromatic heterocycles. The van der Waals surface area contributed by atoms with Gasteiger partial charge in [0.05, 0.1) is 24.7 Å². The van der Waals surface area contributed by atoms with Crippen LogP contribution in [0.5, 0.6) is 11.5 Å². The van der Waals surface area contributed by atoms with Crippen LogP contribution in [-0.2, 0) is 14.3 Å². The van der Waals surface area contributed by atoms with Gasteiger partial charge in [-0.3, -0.25) is 14.5 Å². The van der Waals surface area contributed by atoms with E-state index in [0.29, 0.717) is 53.5 Å².